The molecule has 2 aliphatic rings. The van der Waals surface area contributed by atoms with E-state index in [1.807, 2.05) is 12.1 Å². The number of anilines is 1. The Hall–Kier alpha value is -1.48. The summed E-state index contributed by atoms with van der Waals surface area (Å²) in [6, 6.07) is 7.97. The van der Waals surface area contributed by atoms with Crippen molar-refractivity contribution in [2.45, 2.75) is 32.2 Å². The number of piperazine rings is 1. The van der Waals surface area contributed by atoms with Gasteiger partial charge in [-0.25, -0.2) is 4.99 Å². The smallest absolute Gasteiger partial charge is 0.191 e. The van der Waals surface area contributed by atoms with Crippen LogP contribution in [0.25, 0.3) is 0 Å². The Bertz CT molecular complexity index is 784. The summed E-state index contributed by atoms with van der Waals surface area (Å²) in [6.45, 7) is 4.04. The van der Waals surface area contributed by atoms with Crippen LogP contribution in [0.1, 0.15) is 29.9 Å². The number of aryl methyl sites for hydroxylation is 1. The third kappa shape index (κ3) is 4.68. The fourth-order valence-corrected chi connectivity index (χ4v) is 3.80. The molecule has 1 aromatic heterocycles. The van der Waals surface area contributed by atoms with Crippen molar-refractivity contribution < 1.29 is 4.52 Å². The Morgan fingerprint density at radius 3 is 2.56 bits per heavy atom. The van der Waals surface area contributed by atoms with Crippen LogP contribution in [0.5, 0.6) is 0 Å². The highest BCUT2D eigenvalue weighted by Crippen LogP contribution is 2.24. The van der Waals surface area contributed by atoms with Crippen molar-refractivity contribution >= 4 is 47.2 Å². The van der Waals surface area contributed by atoms with Crippen LogP contribution in [0.4, 0.5) is 5.69 Å². The minimum Gasteiger partial charge on any atom is -0.370 e. The number of halogens is 2. The van der Waals surface area contributed by atoms with Crippen molar-refractivity contribution in [3.63, 3.8) is 0 Å². The van der Waals surface area contributed by atoms with Crippen LogP contribution in [-0.4, -0.2) is 42.2 Å². The van der Waals surface area contributed by atoms with Crippen molar-refractivity contribution in [2.24, 2.45) is 10.7 Å². The number of nitrogens with two attached hydrogens (primary N) is 1. The quantitative estimate of drug-likeness (QED) is 0.396. The summed E-state index contributed by atoms with van der Waals surface area (Å²) in [4.78, 5) is 9.05. The number of fused-ring (bicyclic) bond motifs is 1. The average Bonchev–Trinajstić information content (AvgIpc) is 3.10. The van der Waals surface area contributed by atoms with E-state index in [-0.39, 0.29) is 24.0 Å². The van der Waals surface area contributed by atoms with E-state index in [9.17, 15) is 0 Å². The van der Waals surface area contributed by atoms with Gasteiger partial charge in [-0.05, 0) is 43.5 Å². The molecule has 1 aliphatic carbocycles. The van der Waals surface area contributed by atoms with Gasteiger partial charge in [0.15, 0.2) is 5.96 Å². The number of guanidine groups is 1. The van der Waals surface area contributed by atoms with Gasteiger partial charge >= 0.3 is 0 Å². The largest absolute Gasteiger partial charge is 0.370 e. The summed E-state index contributed by atoms with van der Waals surface area (Å²) in [7, 11) is 0. The molecule has 0 unspecified atom stereocenters. The second-order valence-electron chi connectivity index (χ2n) is 6.86. The zero-order chi connectivity index (χ0) is 17.9. The Morgan fingerprint density at radius 2 is 1.81 bits per heavy atom. The van der Waals surface area contributed by atoms with Gasteiger partial charge in [0.2, 0.25) is 0 Å². The Labute approximate surface area is 181 Å². The molecular weight excluding hydrogens is 477 g/mol. The summed E-state index contributed by atoms with van der Waals surface area (Å²) >= 11 is 5.97. The van der Waals surface area contributed by atoms with Crippen molar-refractivity contribution in [1.82, 2.24) is 10.1 Å². The van der Waals surface area contributed by atoms with E-state index < -0.39 is 0 Å². The van der Waals surface area contributed by atoms with Crippen molar-refractivity contribution in [2.75, 3.05) is 31.1 Å². The summed E-state index contributed by atoms with van der Waals surface area (Å²) in [6.07, 6.45) is 4.43. The predicted molar refractivity (Wildman–Crippen MR) is 119 cm³/mol. The molecule has 1 aromatic carbocycles. The Balaban J connectivity index is 0.00000210. The molecule has 6 nitrogen and oxygen atoms in total. The molecule has 0 radical (unpaired) electrons. The molecule has 1 saturated heterocycles. The summed E-state index contributed by atoms with van der Waals surface area (Å²) in [5.41, 5.74) is 9.62. The third-order valence-corrected chi connectivity index (χ3v) is 5.47. The number of rotatable bonds is 3. The fourth-order valence-electron chi connectivity index (χ4n) is 3.67. The van der Waals surface area contributed by atoms with E-state index >= 15 is 0 Å². The lowest BCUT2D eigenvalue weighted by Gasteiger charge is -2.36. The minimum atomic E-state index is 0. The van der Waals surface area contributed by atoms with Crippen LogP contribution < -0.4 is 10.6 Å². The van der Waals surface area contributed by atoms with Gasteiger partial charge in [-0.2, -0.15) is 0 Å². The van der Waals surface area contributed by atoms with Gasteiger partial charge < -0.3 is 20.1 Å². The lowest BCUT2D eigenvalue weighted by molar-refractivity contribution is 0.367. The molecular formula is C19H25ClIN5O. The van der Waals surface area contributed by atoms with Crippen molar-refractivity contribution in [3.8, 4) is 0 Å². The average molecular weight is 502 g/mol. The normalized spacial score (nSPS) is 17.4. The molecule has 27 heavy (non-hydrogen) atoms. The van der Waals surface area contributed by atoms with Gasteiger partial charge in [0.1, 0.15) is 11.5 Å². The number of benzene rings is 1. The zero-order valence-corrected chi connectivity index (χ0v) is 18.3. The molecule has 2 N–H and O–H groups in total. The number of nitrogens with zero attached hydrogens (tertiary/aromatic N) is 4. The minimum absolute atomic E-state index is 0. The first kappa shape index (κ1) is 20.3. The first-order chi connectivity index (χ1) is 12.7. The summed E-state index contributed by atoms with van der Waals surface area (Å²) < 4.78 is 5.45. The monoisotopic (exact) mass is 501 g/mol. The summed E-state index contributed by atoms with van der Waals surface area (Å²) in [5.74, 6) is 1.63. The van der Waals surface area contributed by atoms with Crippen LogP contribution in [0, 0.1) is 0 Å². The maximum Gasteiger partial charge on any atom is 0.191 e. The van der Waals surface area contributed by atoms with Crippen LogP contribution >= 0.6 is 35.6 Å². The van der Waals surface area contributed by atoms with Gasteiger partial charge in [-0.1, -0.05) is 16.8 Å². The zero-order valence-electron chi connectivity index (χ0n) is 15.2. The topological polar surface area (TPSA) is 70.9 Å². The van der Waals surface area contributed by atoms with E-state index in [1.54, 1.807) is 0 Å². The maximum atomic E-state index is 6.23. The van der Waals surface area contributed by atoms with Crippen LogP contribution in [-0.2, 0) is 19.4 Å². The Morgan fingerprint density at radius 1 is 1.11 bits per heavy atom. The number of aromatic nitrogens is 1. The van der Waals surface area contributed by atoms with Gasteiger partial charge in [0.25, 0.3) is 0 Å². The molecule has 2 aromatic rings. The molecule has 0 bridgehead atoms. The molecule has 0 spiro atoms. The van der Waals surface area contributed by atoms with Crippen LogP contribution in [0.15, 0.2) is 33.8 Å². The maximum absolute atomic E-state index is 6.23. The second kappa shape index (κ2) is 9.14. The van der Waals surface area contributed by atoms with Gasteiger partial charge in [0.05, 0.1) is 6.54 Å². The molecule has 0 atom stereocenters. The van der Waals surface area contributed by atoms with Gasteiger partial charge in [-0.3, -0.25) is 0 Å². The molecule has 1 fully saturated rings. The molecule has 4 rings (SSSR count). The fraction of sp³-hybridized carbons (Fsp3) is 0.474. The van der Waals surface area contributed by atoms with Gasteiger partial charge in [0, 0.05) is 48.9 Å². The van der Waals surface area contributed by atoms with E-state index in [0.717, 1.165) is 55.5 Å². The third-order valence-electron chi connectivity index (χ3n) is 5.22. The van der Waals surface area contributed by atoms with E-state index in [1.165, 1.54) is 24.1 Å². The summed E-state index contributed by atoms with van der Waals surface area (Å²) in [5, 5.41) is 4.96. The lowest BCUT2D eigenvalue weighted by Crippen LogP contribution is -2.51. The number of aliphatic imine (C=N–C) groups is 1. The number of hydrogen-bond donors (Lipinski definition) is 1. The van der Waals surface area contributed by atoms with Crippen LogP contribution in [0.2, 0.25) is 5.02 Å². The van der Waals surface area contributed by atoms with Gasteiger partial charge in [-0.15, -0.1) is 24.0 Å². The molecule has 2 heterocycles. The molecule has 8 heteroatoms. The van der Waals surface area contributed by atoms with Crippen molar-refractivity contribution in [3.05, 3.63) is 46.3 Å². The predicted octanol–water partition coefficient (Wildman–Crippen LogP) is 3.46. The first-order valence-electron chi connectivity index (χ1n) is 9.22. The highest BCUT2D eigenvalue weighted by atomic mass is 127. The molecule has 0 amide bonds. The lowest BCUT2D eigenvalue weighted by atomic mass is 9.96. The standard InChI is InChI=1S/C19H24ClN5O.HI/c20-14-5-7-15(8-6-14)24-9-11-25(12-10-24)19(21)22-13-17-16-3-1-2-4-18(16)26-23-17;/h5-8H,1-4,9-13H2,(H2,21,22);1H. The molecule has 0 saturated carbocycles. The Kier molecular flexibility index (Phi) is 6.86. The van der Waals surface area contributed by atoms with E-state index in [2.05, 4.69) is 32.1 Å². The number of hydrogen-bond acceptors (Lipinski definition) is 4. The van der Waals surface area contributed by atoms with Crippen LogP contribution in [0.3, 0.4) is 0 Å². The highest BCUT2D eigenvalue weighted by Gasteiger charge is 2.21. The van der Waals surface area contributed by atoms with Crippen molar-refractivity contribution in [1.29, 1.82) is 0 Å². The SMILES string of the molecule is I.NC(=NCc1noc2c1CCCC2)N1CCN(c2ccc(Cl)cc2)CC1. The molecule has 1 aliphatic heterocycles. The van der Waals surface area contributed by atoms with E-state index in [4.69, 9.17) is 21.9 Å². The second-order valence-corrected chi connectivity index (χ2v) is 7.30. The first-order valence-corrected chi connectivity index (χ1v) is 9.60. The van der Waals surface area contributed by atoms with E-state index in [0.29, 0.717) is 12.5 Å². The molecule has 146 valence electrons. The highest BCUT2D eigenvalue weighted by molar-refractivity contribution is 14.0.